The van der Waals surface area contributed by atoms with E-state index in [1.807, 2.05) is 18.4 Å². The molecule has 3 heteroatoms. The molecular formula is C17H24N2O. The molecular weight excluding hydrogens is 248 g/mol. The number of nitrogens with one attached hydrogen (secondary N) is 1. The first-order valence-corrected chi connectivity index (χ1v) is 7.74. The van der Waals surface area contributed by atoms with Gasteiger partial charge in [-0.05, 0) is 38.9 Å². The maximum absolute atomic E-state index is 5.58. The first-order valence-electron chi connectivity index (χ1n) is 7.74. The molecule has 1 aromatic heterocycles. The van der Waals surface area contributed by atoms with Gasteiger partial charge < -0.3 is 14.6 Å². The van der Waals surface area contributed by atoms with Gasteiger partial charge in [-0.25, -0.2) is 0 Å². The summed E-state index contributed by atoms with van der Waals surface area (Å²) in [4.78, 5) is 2.58. The van der Waals surface area contributed by atoms with E-state index in [0.29, 0.717) is 6.04 Å². The predicted octanol–water partition coefficient (Wildman–Crippen LogP) is 3.40. The Balaban J connectivity index is 1.53. The highest BCUT2D eigenvalue weighted by Gasteiger charge is 2.13. The van der Waals surface area contributed by atoms with Crippen molar-refractivity contribution in [3.8, 4) is 0 Å². The Hall–Kier alpha value is -1.32. The lowest BCUT2D eigenvalue weighted by Crippen LogP contribution is -2.41. The number of hydrogen-bond donors (Lipinski definition) is 1. The summed E-state index contributed by atoms with van der Waals surface area (Å²) in [5.74, 6) is 0. The predicted molar refractivity (Wildman–Crippen MR) is 82.8 cm³/mol. The zero-order valence-electron chi connectivity index (χ0n) is 12.3. The van der Waals surface area contributed by atoms with Crippen LogP contribution in [0.4, 0.5) is 0 Å². The van der Waals surface area contributed by atoms with E-state index in [0.717, 1.165) is 18.7 Å². The Bertz CT molecular complexity index is 543. The topological polar surface area (TPSA) is 28.4 Å². The summed E-state index contributed by atoms with van der Waals surface area (Å²) in [6, 6.07) is 8.75. The van der Waals surface area contributed by atoms with Crippen LogP contribution in [0.5, 0.6) is 0 Å². The van der Waals surface area contributed by atoms with Crippen molar-refractivity contribution in [1.29, 1.82) is 0 Å². The second kappa shape index (κ2) is 6.42. The fraction of sp³-hybridized carbons (Fsp3) is 0.529. The van der Waals surface area contributed by atoms with E-state index in [9.17, 15) is 0 Å². The third-order valence-electron chi connectivity index (χ3n) is 4.18. The van der Waals surface area contributed by atoms with Crippen molar-refractivity contribution in [3.05, 3.63) is 36.1 Å². The molecule has 0 saturated carbocycles. The van der Waals surface area contributed by atoms with Gasteiger partial charge in [0, 0.05) is 30.1 Å². The number of piperidine rings is 1. The van der Waals surface area contributed by atoms with Gasteiger partial charge in [0.05, 0.1) is 6.26 Å². The Kier molecular flexibility index (Phi) is 4.38. The monoisotopic (exact) mass is 272 g/mol. The summed E-state index contributed by atoms with van der Waals surface area (Å²) in [5.41, 5.74) is 2.24. The van der Waals surface area contributed by atoms with Crippen LogP contribution in [0.25, 0.3) is 11.0 Å². The van der Waals surface area contributed by atoms with Gasteiger partial charge in [0.2, 0.25) is 0 Å². The standard InChI is InChI=1S/C17H24N2O/c1-14(12-19-9-5-2-6-10-19)18-11-15-13-20-17-8-4-3-7-16(15)17/h3-4,7-8,13-14,18H,2,5-6,9-12H2,1H3. The molecule has 108 valence electrons. The molecule has 1 fully saturated rings. The molecule has 0 bridgehead atoms. The number of hydrogen-bond acceptors (Lipinski definition) is 3. The number of rotatable bonds is 5. The van der Waals surface area contributed by atoms with Crippen LogP contribution in [-0.2, 0) is 6.54 Å². The van der Waals surface area contributed by atoms with Crippen LogP contribution < -0.4 is 5.32 Å². The second-order valence-corrected chi connectivity index (χ2v) is 5.90. The van der Waals surface area contributed by atoms with E-state index in [1.54, 1.807) is 0 Å². The number of para-hydroxylation sites is 1. The van der Waals surface area contributed by atoms with E-state index >= 15 is 0 Å². The van der Waals surface area contributed by atoms with E-state index < -0.39 is 0 Å². The summed E-state index contributed by atoms with van der Waals surface area (Å²) >= 11 is 0. The Morgan fingerprint density at radius 3 is 2.85 bits per heavy atom. The van der Waals surface area contributed by atoms with Crippen LogP contribution >= 0.6 is 0 Å². The normalized spacial score (nSPS) is 18.4. The molecule has 20 heavy (non-hydrogen) atoms. The Labute approximate surface area is 120 Å². The molecule has 1 saturated heterocycles. The molecule has 3 nitrogen and oxygen atoms in total. The van der Waals surface area contributed by atoms with Gasteiger partial charge in [0.15, 0.2) is 0 Å². The smallest absolute Gasteiger partial charge is 0.134 e. The van der Waals surface area contributed by atoms with Crippen molar-refractivity contribution < 1.29 is 4.42 Å². The quantitative estimate of drug-likeness (QED) is 0.904. The third-order valence-corrected chi connectivity index (χ3v) is 4.18. The summed E-state index contributed by atoms with van der Waals surface area (Å²) < 4.78 is 5.58. The minimum Gasteiger partial charge on any atom is -0.464 e. The van der Waals surface area contributed by atoms with Gasteiger partial charge >= 0.3 is 0 Å². The van der Waals surface area contributed by atoms with E-state index in [-0.39, 0.29) is 0 Å². The highest BCUT2D eigenvalue weighted by Crippen LogP contribution is 2.20. The first-order chi connectivity index (χ1) is 9.83. The molecule has 2 aromatic rings. The molecule has 3 rings (SSSR count). The average Bonchev–Trinajstić information content (AvgIpc) is 2.89. The van der Waals surface area contributed by atoms with E-state index in [1.165, 1.54) is 43.3 Å². The van der Waals surface area contributed by atoms with Crippen molar-refractivity contribution in [2.45, 2.75) is 38.8 Å². The largest absolute Gasteiger partial charge is 0.464 e. The van der Waals surface area contributed by atoms with Crippen molar-refractivity contribution in [2.24, 2.45) is 0 Å². The van der Waals surface area contributed by atoms with Gasteiger partial charge in [-0.15, -0.1) is 0 Å². The van der Waals surface area contributed by atoms with Crippen LogP contribution in [0.15, 0.2) is 34.9 Å². The number of furan rings is 1. The van der Waals surface area contributed by atoms with E-state index in [2.05, 4.69) is 29.3 Å². The van der Waals surface area contributed by atoms with Crippen molar-refractivity contribution in [2.75, 3.05) is 19.6 Å². The molecule has 1 atom stereocenters. The molecule has 0 radical (unpaired) electrons. The summed E-state index contributed by atoms with van der Waals surface area (Å²) in [6.45, 7) is 6.83. The average molecular weight is 272 g/mol. The van der Waals surface area contributed by atoms with Crippen LogP contribution in [-0.4, -0.2) is 30.6 Å². The molecule has 1 aromatic carbocycles. The molecule has 0 amide bonds. The Morgan fingerprint density at radius 2 is 2.00 bits per heavy atom. The molecule has 1 aliphatic heterocycles. The SMILES string of the molecule is CC(CN1CCCCC1)NCc1coc2ccccc12. The molecule has 0 spiro atoms. The minimum absolute atomic E-state index is 0.516. The summed E-state index contributed by atoms with van der Waals surface area (Å²) in [6.07, 6.45) is 6.00. The zero-order chi connectivity index (χ0) is 13.8. The van der Waals surface area contributed by atoms with Gasteiger partial charge in [0.25, 0.3) is 0 Å². The molecule has 1 unspecified atom stereocenters. The van der Waals surface area contributed by atoms with Gasteiger partial charge in [-0.1, -0.05) is 24.6 Å². The lowest BCUT2D eigenvalue weighted by Gasteiger charge is -2.29. The van der Waals surface area contributed by atoms with Crippen LogP contribution in [0.1, 0.15) is 31.7 Å². The number of nitrogens with zero attached hydrogens (tertiary/aromatic N) is 1. The third kappa shape index (κ3) is 3.22. The fourth-order valence-corrected chi connectivity index (χ4v) is 3.05. The minimum atomic E-state index is 0.516. The van der Waals surface area contributed by atoms with Crippen molar-refractivity contribution in [3.63, 3.8) is 0 Å². The highest BCUT2D eigenvalue weighted by atomic mass is 16.3. The van der Waals surface area contributed by atoms with Gasteiger partial charge in [-0.3, -0.25) is 0 Å². The summed E-state index contributed by atoms with van der Waals surface area (Å²) in [5, 5.41) is 4.85. The number of likely N-dealkylation sites (tertiary alicyclic amines) is 1. The molecule has 0 aliphatic carbocycles. The lowest BCUT2D eigenvalue weighted by molar-refractivity contribution is 0.209. The van der Waals surface area contributed by atoms with Crippen LogP contribution in [0.2, 0.25) is 0 Å². The molecule has 1 N–H and O–H groups in total. The van der Waals surface area contributed by atoms with Crippen LogP contribution in [0.3, 0.4) is 0 Å². The highest BCUT2D eigenvalue weighted by molar-refractivity contribution is 5.80. The van der Waals surface area contributed by atoms with Gasteiger partial charge in [0.1, 0.15) is 5.58 Å². The lowest BCUT2D eigenvalue weighted by atomic mass is 10.1. The molecule has 2 heterocycles. The first kappa shape index (κ1) is 13.7. The van der Waals surface area contributed by atoms with Crippen molar-refractivity contribution in [1.82, 2.24) is 10.2 Å². The van der Waals surface area contributed by atoms with Crippen molar-refractivity contribution >= 4 is 11.0 Å². The number of benzene rings is 1. The number of fused-ring (bicyclic) bond motifs is 1. The summed E-state index contributed by atoms with van der Waals surface area (Å²) in [7, 11) is 0. The maximum Gasteiger partial charge on any atom is 0.134 e. The van der Waals surface area contributed by atoms with Gasteiger partial charge in [-0.2, -0.15) is 0 Å². The molecule has 1 aliphatic rings. The fourth-order valence-electron chi connectivity index (χ4n) is 3.05. The van der Waals surface area contributed by atoms with Crippen LogP contribution in [0, 0.1) is 0 Å². The Morgan fingerprint density at radius 1 is 1.20 bits per heavy atom. The van der Waals surface area contributed by atoms with E-state index in [4.69, 9.17) is 4.42 Å². The zero-order valence-corrected chi connectivity index (χ0v) is 12.3. The maximum atomic E-state index is 5.58. The second-order valence-electron chi connectivity index (χ2n) is 5.90.